The fraction of sp³-hybridized carbons (Fsp3) is 0.429. The monoisotopic (exact) mass is 310 g/mol. The molecule has 0 bridgehead atoms. The average Bonchev–Trinajstić information content (AvgIpc) is 2.56. The number of aliphatic hydroxyl groups excluding tert-OH is 1. The number of rotatable bonds is 4. The number of benzene rings is 2. The van der Waals surface area contributed by atoms with E-state index in [1.165, 1.54) is 0 Å². The zero-order valence-corrected chi connectivity index (χ0v) is 14.4. The lowest BCUT2D eigenvalue weighted by Gasteiger charge is -2.63. The van der Waals surface area contributed by atoms with E-state index in [4.69, 9.17) is 4.74 Å². The molecule has 2 aromatic rings. The molecule has 122 valence electrons. The molecule has 1 N–H and O–H groups in total. The summed E-state index contributed by atoms with van der Waals surface area (Å²) in [4.78, 5) is 0. The van der Waals surface area contributed by atoms with E-state index in [2.05, 4.69) is 38.1 Å². The van der Waals surface area contributed by atoms with Gasteiger partial charge in [-0.2, -0.15) is 0 Å². The lowest BCUT2D eigenvalue weighted by molar-refractivity contribution is -0.324. The SMILES string of the molecule is CC(C)[C@H](O)[C@@H]1OC(c2ccccc2)(c2ccccc2)C1(C)C. The summed E-state index contributed by atoms with van der Waals surface area (Å²) in [6, 6.07) is 20.7. The smallest absolute Gasteiger partial charge is 0.126 e. The van der Waals surface area contributed by atoms with Crippen LogP contribution in [-0.2, 0) is 10.3 Å². The molecule has 2 atom stereocenters. The van der Waals surface area contributed by atoms with Gasteiger partial charge in [0.25, 0.3) is 0 Å². The quantitative estimate of drug-likeness (QED) is 0.908. The lowest BCUT2D eigenvalue weighted by Crippen LogP contribution is -2.68. The van der Waals surface area contributed by atoms with E-state index >= 15 is 0 Å². The molecule has 2 heteroatoms. The van der Waals surface area contributed by atoms with Gasteiger partial charge in [-0.1, -0.05) is 88.4 Å². The molecule has 0 saturated carbocycles. The normalized spacial score (nSPS) is 23.3. The predicted molar refractivity (Wildman–Crippen MR) is 93.2 cm³/mol. The standard InChI is InChI=1S/C21H26O2/c1-15(2)18(22)19-20(3,4)21(23-19,16-11-7-5-8-12-16)17-13-9-6-10-14-17/h5-15,18-19,22H,1-4H3/t18-,19-/m0/s1. The van der Waals surface area contributed by atoms with Crippen LogP contribution in [-0.4, -0.2) is 17.3 Å². The van der Waals surface area contributed by atoms with Gasteiger partial charge < -0.3 is 9.84 Å². The molecule has 23 heavy (non-hydrogen) atoms. The van der Waals surface area contributed by atoms with Crippen molar-refractivity contribution in [3.05, 3.63) is 71.8 Å². The van der Waals surface area contributed by atoms with Gasteiger partial charge in [0.1, 0.15) is 5.60 Å². The van der Waals surface area contributed by atoms with Crippen LogP contribution in [0.15, 0.2) is 60.7 Å². The Balaban J connectivity index is 2.10. The van der Waals surface area contributed by atoms with Crippen LogP contribution >= 0.6 is 0 Å². The minimum atomic E-state index is -0.518. The summed E-state index contributed by atoms with van der Waals surface area (Å²) in [5, 5.41) is 10.6. The Bertz CT molecular complexity index is 607. The van der Waals surface area contributed by atoms with E-state index in [0.717, 1.165) is 11.1 Å². The van der Waals surface area contributed by atoms with Crippen molar-refractivity contribution >= 4 is 0 Å². The third kappa shape index (κ3) is 2.32. The van der Waals surface area contributed by atoms with Crippen molar-refractivity contribution < 1.29 is 9.84 Å². The first-order valence-corrected chi connectivity index (χ1v) is 8.38. The molecule has 0 radical (unpaired) electrons. The topological polar surface area (TPSA) is 29.5 Å². The van der Waals surface area contributed by atoms with Crippen molar-refractivity contribution in [2.45, 2.75) is 45.5 Å². The Morgan fingerprint density at radius 1 is 0.870 bits per heavy atom. The maximum Gasteiger partial charge on any atom is 0.126 e. The molecule has 3 rings (SSSR count). The van der Waals surface area contributed by atoms with Gasteiger partial charge in [-0.05, 0) is 17.0 Å². The highest BCUT2D eigenvalue weighted by molar-refractivity contribution is 5.42. The molecule has 0 spiro atoms. The predicted octanol–water partition coefficient (Wildman–Crippen LogP) is 4.37. The first kappa shape index (κ1) is 16.2. The molecular formula is C21H26O2. The highest BCUT2D eigenvalue weighted by Crippen LogP contribution is 2.61. The fourth-order valence-electron chi connectivity index (χ4n) is 3.87. The third-order valence-electron chi connectivity index (χ3n) is 5.28. The van der Waals surface area contributed by atoms with Crippen LogP contribution < -0.4 is 0 Å². The summed E-state index contributed by atoms with van der Waals surface area (Å²) in [5.41, 5.74) is 1.56. The van der Waals surface area contributed by atoms with Crippen molar-refractivity contribution in [1.29, 1.82) is 0 Å². The largest absolute Gasteiger partial charge is 0.390 e. The number of ether oxygens (including phenoxy) is 1. The van der Waals surface area contributed by atoms with Gasteiger partial charge in [-0.25, -0.2) is 0 Å². The van der Waals surface area contributed by atoms with Crippen molar-refractivity contribution in [3.8, 4) is 0 Å². The van der Waals surface area contributed by atoms with Crippen LogP contribution in [0.3, 0.4) is 0 Å². The summed E-state index contributed by atoms with van der Waals surface area (Å²) in [6.45, 7) is 8.48. The molecule has 1 fully saturated rings. The highest BCUT2D eigenvalue weighted by atomic mass is 16.6. The molecule has 1 saturated heterocycles. The third-order valence-corrected chi connectivity index (χ3v) is 5.28. The summed E-state index contributed by atoms with van der Waals surface area (Å²) >= 11 is 0. The Morgan fingerprint density at radius 2 is 1.30 bits per heavy atom. The second-order valence-corrected chi connectivity index (χ2v) is 7.41. The molecule has 0 unspecified atom stereocenters. The van der Waals surface area contributed by atoms with Gasteiger partial charge in [0.15, 0.2) is 0 Å². The van der Waals surface area contributed by atoms with Gasteiger partial charge in [0.2, 0.25) is 0 Å². The second-order valence-electron chi connectivity index (χ2n) is 7.41. The van der Waals surface area contributed by atoms with Crippen LogP contribution in [0.4, 0.5) is 0 Å². The number of aliphatic hydroxyl groups is 1. The van der Waals surface area contributed by atoms with Gasteiger partial charge >= 0.3 is 0 Å². The Morgan fingerprint density at radius 3 is 1.65 bits per heavy atom. The summed E-state index contributed by atoms with van der Waals surface area (Å²) in [5.74, 6) is 0.170. The second kappa shape index (κ2) is 5.77. The Labute approximate surface area is 139 Å². The van der Waals surface area contributed by atoms with E-state index in [1.807, 2.05) is 50.2 Å². The molecule has 2 aromatic carbocycles. The van der Waals surface area contributed by atoms with E-state index in [-0.39, 0.29) is 17.4 Å². The zero-order chi connectivity index (χ0) is 16.7. The number of hydrogen-bond donors (Lipinski definition) is 1. The zero-order valence-electron chi connectivity index (χ0n) is 14.4. The van der Waals surface area contributed by atoms with E-state index in [9.17, 15) is 5.11 Å². The van der Waals surface area contributed by atoms with E-state index in [0.29, 0.717) is 0 Å². The maximum atomic E-state index is 10.6. The van der Waals surface area contributed by atoms with Crippen LogP contribution in [0, 0.1) is 11.3 Å². The minimum Gasteiger partial charge on any atom is -0.390 e. The summed E-state index contributed by atoms with van der Waals surface area (Å²) in [6.07, 6.45) is -0.645. The molecule has 0 aromatic heterocycles. The van der Waals surface area contributed by atoms with Gasteiger partial charge in [0, 0.05) is 5.41 Å². The molecule has 0 amide bonds. The van der Waals surface area contributed by atoms with Crippen LogP contribution in [0.2, 0.25) is 0 Å². The van der Waals surface area contributed by atoms with E-state index in [1.54, 1.807) is 0 Å². The molecule has 2 nitrogen and oxygen atoms in total. The van der Waals surface area contributed by atoms with Crippen LogP contribution in [0.5, 0.6) is 0 Å². The molecule has 1 heterocycles. The Hall–Kier alpha value is -1.64. The first-order chi connectivity index (χ1) is 10.9. The van der Waals surface area contributed by atoms with E-state index < -0.39 is 11.7 Å². The molecule has 0 aliphatic carbocycles. The Kier molecular flexibility index (Phi) is 4.07. The van der Waals surface area contributed by atoms with Crippen molar-refractivity contribution in [3.63, 3.8) is 0 Å². The van der Waals surface area contributed by atoms with Crippen LogP contribution in [0.25, 0.3) is 0 Å². The lowest BCUT2D eigenvalue weighted by atomic mass is 9.57. The van der Waals surface area contributed by atoms with Crippen molar-refractivity contribution in [2.24, 2.45) is 11.3 Å². The summed E-state index contributed by atoms with van der Waals surface area (Å²) in [7, 11) is 0. The summed E-state index contributed by atoms with van der Waals surface area (Å²) < 4.78 is 6.49. The van der Waals surface area contributed by atoms with Gasteiger partial charge in [-0.15, -0.1) is 0 Å². The maximum absolute atomic E-state index is 10.6. The average molecular weight is 310 g/mol. The first-order valence-electron chi connectivity index (χ1n) is 8.38. The number of hydrogen-bond acceptors (Lipinski definition) is 2. The highest BCUT2D eigenvalue weighted by Gasteiger charge is 2.65. The van der Waals surface area contributed by atoms with Gasteiger partial charge in [0.05, 0.1) is 12.2 Å². The fourth-order valence-corrected chi connectivity index (χ4v) is 3.87. The molecule has 1 aliphatic rings. The van der Waals surface area contributed by atoms with Gasteiger partial charge in [-0.3, -0.25) is 0 Å². The molecule has 1 aliphatic heterocycles. The molecular weight excluding hydrogens is 284 g/mol. The minimum absolute atomic E-state index is 0.170. The van der Waals surface area contributed by atoms with Crippen molar-refractivity contribution in [2.75, 3.05) is 0 Å². The van der Waals surface area contributed by atoms with Crippen LogP contribution in [0.1, 0.15) is 38.8 Å². The van der Waals surface area contributed by atoms with Crippen molar-refractivity contribution in [1.82, 2.24) is 0 Å².